The van der Waals surface area contributed by atoms with Crippen molar-refractivity contribution in [3.63, 3.8) is 0 Å². The number of nitrogens with one attached hydrogen (secondary N) is 1. The van der Waals surface area contributed by atoms with Crippen LogP contribution in [-0.4, -0.2) is 44.1 Å². The van der Waals surface area contributed by atoms with Crippen LogP contribution in [0.5, 0.6) is 0 Å². The largest absolute Gasteiger partial charge is 0.335 e. The maximum absolute atomic E-state index is 12.7. The van der Waals surface area contributed by atoms with Crippen LogP contribution >= 0.6 is 11.3 Å². The van der Waals surface area contributed by atoms with Crippen molar-refractivity contribution in [1.29, 1.82) is 0 Å². The first-order chi connectivity index (χ1) is 10.9. The lowest BCUT2D eigenvalue weighted by atomic mass is 10.1. The molecule has 1 aromatic heterocycles. The van der Waals surface area contributed by atoms with Crippen molar-refractivity contribution in [3.05, 3.63) is 28.5 Å². The van der Waals surface area contributed by atoms with E-state index in [0.29, 0.717) is 6.54 Å². The molecular formula is C16H24N2O3S2. The summed E-state index contributed by atoms with van der Waals surface area (Å²) in [7, 11) is -3.40. The average molecular weight is 357 g/mol. The lowest BCUT2D eigenvalue weighted by Crippen LogP contribution is -2.49. The third-order valence-electron chi connectivity index (χ3n) is 3.87. The van der Waals surface area contributed by atoms with Crippen LogP contribution in [0, 0.1) is 0 Å². The lowest BCUT2D eigenvalue weighted by molar-refractivity contribution is -0.133. The zero-order valence-electron chi connectivity index (χ0n) is 13.6. The number of carbonyl (C=O) groups is 1. The molecule has 0 saturated carbocycles. The molecule has 2 unspecified atom stereocenters. The zero-order chi connectivity index (χ0) is 16.9. The van der Waals surface area contributed by atoms with E-state index in [2.05, 4.69) is 16.9 Å². The molecular weight excluding hydrogens is 332 g/mol. The summed E-state index contributed by atoms with van der Waals surface area (Å²) < 4.78 is 25.1. The summed E-state index contributed by atoms with van der Waals surface area (Å²) in [6, 6.07) is 3.33. The molecule has 1 saturated heterocycles. The number of thiophene rings is 1. The molecule has 23 heavy (non-hydrogen) atoms. The first kappa shape index (κ1) is 18.2. The van der Waals surface area contributed by atoms with Crippen molar-refractivity contribution >= 4 is 33.3 Å². The molecule has 1 aliphatic heterocycles. The van der Waals surface area contributed by atoms with Crippen LogP contribution in [0.4, 0.5) is 0 Å². The van der Waals surface area contributed by atoms with Crippen molar-refractivity contribution in [2.45, 2.75) is 44.7 Å². The van der Waals surface area contributed by atoms with Gasteiger partial charge >= 0.3 is 0 Å². The Morgan fingerprint density at radius 3 is 2.87 bits per heavy atom. The lowest BCUT2D eigenvalue weighted by Gasteiger charge is -2.30. The van der Waals surface area contributed by atoms with E-state index in [1.54, 1.807) is 18.3 Å². The fraction of sp³-hybridized carbons (Fsp3) is 0.562. The van der Waals surface area contributed by atoms with E-state index in [9.17, 15) is 13.2 Å². The molecule has 1 N–H and O–H groups in total. The van der Waals surface area contributed by atoms with Crippen LogP contribution in [0.2, 0.25) is 0 Å². The van der Waals surface area contributed by atoms with Crippen LogP contribution in [0.1, 0.15) is 37.5 Å². The van der Waals surface area contributed by atoms with Crippen LogP contribution in [-0.2, 0) is 14.8 Å². The normalized spacial score (nSPS) is 21.3. The summed E-state index contributed by atoms with van der Waals surface area (Å²) in [4.78, 5) is 15.6. The van der Waals surface area contributed by atoms with Gasteiger partial charge in [-0.2, -0.15) is 0 Å². The molecule has 7 heteroatoms. The van der Waals surface area contributed by atoms with Gasteiger partial charge in [-0.1, -0.05) is 25.0 Å². The Bertz CT molecular complexity index is 638. The van der Waals surface area contributed by atoms with E-state index in [4.69, 9.17) is 0 Å². The van der Waals surface area contributed by atoms with Gasteiger partial charge in [-0.25, -0.2) is 13.1 Å². The van der Waals surface area contributed by atoms with Gasteiger partial charge in [0.15, 0.2) is 0 Å². The van der Waals surface area contributed by atoms with Gasteiger partial charge in [0.25, 0.3) is 0 Å². The van der Waals surface area contributed by atoms with Crippen molar-refractivity contribution in [2.75, 3.05) is 12.8 Å². The Labute approximate surface area is 142 Å². The van der Waals surface area contributed by atoms with E-state index < -0.39 is 16.1 Å². The van der Waals surface area contributed by atoms with Gasteiger partial charge in [0, 0.05) is 11.4 Å². The van der Waals surface area contributed by atoms with Crippen molar-refractivity contribution in [3.8, 4) is 0 Å². The zero-order valence-corrected chi connectivity index (χ0v) is 15.2. The fourth-order valence-corrected chi connectivity index (χ4v) is 4.19. The van der Waals surface area contributed by atoms with Gasteiger partial charge in [-0.15, -0.1) is 11.3 Å². The van der Waals surface area contributed by atoms with Crippen LogP contribution in [0.15, 0.2) is 23.6 Å². The highest BCUT2D eigenvalue weighted by Gasteiger charge is 2.28. The van der Waals surface area contributed by atoms with Gasteiger partial charge in [0.05, 0.1) is 18.3 Å². The smallest absolute Gasteiger partial charge is 0.240 e. The maximum atomic E-state index is 12.7. The second-order valence-corrected chi connectivity index (χ2v) is 8.69. The Hall–Kier alpha value is -1.18. The quantitative estimate of drug-likeness (QED) is 0.881. The Morgan fingerprint density at radius 2 is 2.22 bits per heavy atom. The number of carbonyl (C=O) groups excluding carboxylic acids is 1. The molecule has 1 amide bonds. The highest BCUT2D eigenvalue weighted by molar-refractivity contribution is 7.88. The molecule has 1 fully saturated rings. The SMILES string of the molecule is CC(NS(C)(=O)=O)C(=O)N1CCCCCC1C=Cc1cccs1. The Morgan fingerprint density at radius 1 is 1.43 bits per heavy atom. The second kappa shape index (κ2) is 8.08. The van der Waals surface area contributed by atoms with E-state index in [-0.39, 0.29) is 11.9 Å². The van der Waals surface area contributed by atoms with Crippen molar-refractivity contribution < 1.29 is 13.2 Å². The maximum Gasteiger partial charge on any atom is 0.240 e. The number of likely N-dealkylation sites (tertiary alicyclic amines) is 1. The third kappa shape index (κ3) is 5.75. The van der Waals surface area contributed by atoms with E-state index >= 15 is 0 Å². The number of hydrogen-bond acceptors (Lipinski definition) is 4. The second-order valence-electron chi connectivity index (χ2n) is 5.93. The van der Waals surface area contributed by atoms with Crippen molar-refractivity contribution in [1.82, 2.24) is 9.62 Å². The third-order valence-corrected chi connectivity index (χ3v) is 5.49. The fourth-order valence-electron chi connectivity index (χ4n) is 2.82. The average Bonchev–Trinajstić information content (AvgIpc) is 2.87. The molecule has 5 nitrogen and oxygen atoms in total. The molecule has 0 radical (unpaired) electrons. The molecule has 2 heterocycles. The monoisotopic (exact) mass is 356 g/mol. The molecule has 0 aliphatic carbocycles. The van der Waals surface area contributed by atoms with Crippen LogP contribution in [0.25, 0.3) is 6.08 Å². The number of sulfonamides is 1. The van der Waals surface area contributed by atoms with E-state index in [1.807, 2.05) is 22.4 Å². The van der Waals surface area contributed by atoms with Gasteiger partial charge in [0.2, 0.25) is 15.9 Å². The minimum Gasteiger partial charge on any atom is -0.335 e. The van der Waals surface area contributed by atoms with Gasteiger partial charge in [-0.3, -0.25) is 4.79 Å². The molecule has 1 aromatic rings. The first-order valence-corrected chi connectivity index (χ1v) is 10.6. The summed E-state index contributed by atoms with van der Waals surface area (Å²) in [5, 5.41) is 2.02. The summed E-state index contributed by atoms with van der Waals surface area (Å²) in [6.45, 7) is 2.28. The number of amides is 1. The molecule has 2 atom stereocenters. The van der Waals surface area contributed by atoms with E-state index in [1.165, 1.54) is 0 Å². The van der Waals surface area contributed by atoms with Gasteiger partial charge < -0.3 is 4.90 Å². The van der Waals surface area contributed by atoms with Crippen LogP contribution in [0.3, 0.4) is 0 Å². The number of rotatable bonds is 5. The minimum absolute atomic E-state index is 0.0240. The number of hydrogen-bond donors (Lipinski definition) is 1. The molecule has 2 rings (SSSR count). The van der Waals surface area contributed by atoms with E-state index in [0.717, 1.165) is 36.8 Å². The van der Waals surface area contributed by atoms with Crippen molar-refractivity contribution in [2.24, 2.45) is 0 Å². The van der Waals surface area contributed by atoms with Gasteiger partial charge in [0.1, 0.15) is 0 Å². The summed E-state index contributed by atoms with van der Waals surface area (Å²) >= 11 is 1.66. The summed E-state index contributed by atoms with van der Waals surface area (Å²) in [5.74, 6) is -0.154. The Balaban J connectivity index is 2.12. The topological polar surface area (TPSA) is 66.5 Å². The molecule has 128 valence electrons. The molecule has 1 aliphatic rings. The predicted octanol–water partition coefficient (Wildman–Crippen LogP) is 2.47. The highest BCUT2D eigenvalue weighted by Crippen LogP contribution is 2.21. The van der Waals surface area contributed by atoms with Gasteiger partial charge in [-0.05, 0) is 37.3 Å². The standard InChI is InChI=1S/C16H24N2O3S2/c1-13(17-23(2,20)21)16(19)18-11-5-3-4-7-14(18)9-10-15-8-6-12-22-15/h6,8-10,12-14,17H,3-5,7,11H2,1-2H3. The van der Waals surface area contributed by atoms with Crippen LogP contribution < -0.4 is 4.72 Å². The number of nitrogens with zero attached hydrogens (tertiary/aromatic N) is 1. The minimum atomic E-state index is -3.40. The molecule has 0 spiro atoms. The highest BCUT2D eigenvalue weighted by atomic mass is 32.2. The Kier molecular flexibility index (Phi) is 6.38. The summed E-state index contributed by atoms with van der Waals surface area (Å²) in [6.07, 6.45) is 9.25. The molecule has 0 bridgehead atoms. The molecule has 0 aromatic carbocycles. The first-order valence-electron chi connectivity index (χ1n) is 7.86. The predicted molar refractivity (Wildman–Crippen MR) is 94.8 cm³/mol. The summed E-state index contributed by atoms with van der Waals surface area (Å²) in [5.41, 5.74) is 0.